The number of esters is 1. The first-order valence-electron chi connectivity index (χ1n) is 16.6. The van der Waals surface area contributed by atoms with E-state index in [2.05, 4.69) is 139 Å². The van der Waals surface area contributed by atoms with Crippen LogP contribution in [-0.2, 0) is 18.4 Å². The van der Waals surface area contributed by atoms with Gasteiger partial charge in [0, 0.05) is 26.2 Å². The second-order valence-electron chi connectivity index (χ2n) is 17.0. The van der Waals surface area contributed by atoms with Crippen LogP contribution >= 0.6 is 0 Å². The van der Waals surface area contributed by atoms with Crippen molar-refractivity contribution in [3.05, 3.63) is 58.7 Å². The summed E-state index contributed by atoms with van der Waals surface area (Å²) >= 11 is 0. The second-order valence-corrected chi connectivity index (χ2v) is 32.2. The topological polar surface area (TPSA) is 44.8 Å². The third-order valence-electron chi connectivity index (χ3n) is 8.99. The molecule has 2 atom stereocenters. The molecule has 0 aliphatic heterocycles. The highest BCUT2D eigenvalue weighted by molar-refractivity contribution is 6.76. The predicted octanol–water partition coefficient (Wildman–Crippen LogP) is 11.6. The van der Waals surface area contributed by atoms with E-state index in [1.165, 1.54) is 5.57 Å². The summed E-state index contributed by atoms with van der Waals surface area (Å²) in [6.07, 6.45) is 13.9. The largest absolute Gasteiger partial charge is 0.463 e. The molecule has 0 aliphatic carbocycles. The molecule has 254 valence electrons. The molecule has 0 aliphatic rings. The lowest BCUT2D eigenvalue weighted by atomic mass is 9.99. The van der Waals surface area contributed by atoms with Gasteiger partial charge in [-0.05, 0) is 82.5 Å². The summed E-state index contributed by atoms with van der Waals surface area (Å²) in [5, 5.41) is 0.343. The fourth-order valence-corrected chi connectivity index (χ4v) is 7.00. The van der Waals surface area contributed by atoms with Gasteiger partial charge in [0.1, 0.15) is 0 Å². The second kappa shape index (κ2) is 17.6. The molecule has 0 bridgehead atoms. The Labute approximate surface area is 276 Å². The third-order valence-corrected chi connectivity index (χ3v) is 19.7. The van der Waals surface area contributed by atoms with Crippen LogP contribution in [0.4, 0.5) is 0 Å². The number of carbonyl (C=O) groups is 1. The average molecular weight is 663 g/mol. The van der Waals surface area contributed by atoms with Crippen molar-refractivity contribution in [2.45, 2.75) is 151 Å². The van der Waals surface area contributed by atoms with Crippen LogP contribution in [0.3, 0.4) is 0 Å². The molecule has 0 saturated carbocycles. The van der Waals surface area contributed by atoms with Gasteiger partial charge in [0.05, 0.1) is 12.7 Å². The fourth-order valence-electron chi connectivity index (χ4n) is 3.89. The van der Waals surface area contributed by atoms with E-state index in [-0.39, 0.29) is 28.1 Å². The van der Waals surface area contributed by atoms with E-state index >= 15 is 0 Å². The van der Waals surface area contributed by atoms with E-state index in [0.29, 0.717) is 12.2 Å². The molecule has 0 aromatic rings. The lowest BCUT2D eigenvalue weighted by Crippen LogP contribution is -2.44. The van der Waals surface area contributed by atoms with Crippen molar-refractivity contribution in [2.75, 3.05) is 13.2 Å². The Hall–Kier alpha value is -1.26. The van der Waals surface area contributed by atoms with Crippen molar-refractivity contribution in [1.29, 1.82) is 0 Å². The molecule has 0 amide bonds. The molecule has 0 saturated heterocycles. The van der Waals surface area contributed by atoms with Crippen LogP contribution in [0.25, 0.3) is 0 Å². The van der Waals surface area contributed by atoms with Gasteiger partial charge in [-0.1, -0.05) is 115 Å². The van der Waals surface area contributed by atoms with Gasteiger partial charge in [-0.2, -0.15) is 0 Å². The monoisotopic (exact) mass is 662 g/mol. The van der Waals surface area contributed by atoms with Crippen molar-refractivity contribution in [3.63, 3.8) is 0 Å². The Kier molecular flexibility index (Phi) is 17.1. The molecule has 0 unspecified atom stereocenters. The van der Waals surface area contributed by atoms with Gasteiger partial charge >= 0.3 is 5.97 Å². The Morgan fingerprint density at radius 3 is 1.80 bits per heavy atom. The van der Waals surface area contributed by atoms with Crippen molar-refractivity contribution in [3.8, 4) is 0 Å². The average Bonchev–Trinajstić information content (AvgIpc) is 2.81. The first kappa shape index (κ1) is 42.7. The summed E-state index contributed by atoms with van der Waals surface area (Å²) < 4.78 is 18.8. The molecule has 0 fully saturated rings. The molecular formula is C37H70O4Si3. The molecule has 7 heteroatoms. The highest BCUT2D eigenvalue weighted by Crippen LogP contribution is 2.39. The maximum absolute atomic E-state index is 12.5. The van der Waals surface area contributed by atoms with Crippen LogP contribution in [0.2, 0.25) is 61.9 Å². The zero-order chi connectivity index (χ0) is 34.7. The van der Waals surface area contributed by atoms with Crippen LogP contribution in [0.1, 0.15) is 82.6 Å². The molecule has 4 nitrogen and oxygen atoms in total. The van der Waals surface area contributed by atoms with E-state index in [4.69, 9.17) is 13.6 Å². The predicted molar refractivity (Wildman–Crippen MR) is 202 cm³/mol. The zero-order valence-electron chi connectivity index (χ0n) is 32.1. The maximum atomic E-state index is 12.5. The third kappa shape index (κ3) is 16.9. The van der Waals surface area contributed by atoms with Crippen molar-refractivity contribution < 1.29 is 18.4 Å². The van der Waals surface area contributed by atoms with Crippen LogP contribution in [0.15, 0.2) is 58.7 Å². The molecule has 0 spiro atoms. The standard InChI is InChI=1S/C37H70O4Si3/c1-29(20-19-23-40-43(15,16)36(6,7)8)21-22-34(41-44(17,18)37(9,10)11)32(4)27-30(2)26-31(3)28-33(5)35(38)39-24-25-42(12,13)14/h20-22,26-28,32,34H,19,23-25H2,1-18H3/b22-21+,29-20+,30-27+,31-26+,33-28+/t32-,34-/m1/s1. The first-order chi connectivity index (χ1) is 19.7. The quantitative estimate of drug-likeness (QED) is 0.0542. The molecule has 0 heterocycles. The van der Waals surface area contributed by atoms with Gasteiger partial charge in [0.15, 0.2) is 16.6 Å². The maximum Gasteiger partial charge on any atom is 0.333 e. The number of hydrogen-bond donors (Lipinski definition) is 0. The number of hydrogen-bond acceptors (Lipinski definition) is 4. The smallest absolute Gasteiger partial charge is 0.333 e. The van der Waals surface area contributed by atoms with E-state index in [0.717, 1.165) is 30.2 Å². The Morgan fingerprint density at radius 1 is 0.750 bits per heavy atom. The van der Waals surface area contributed by atoms with Gasteiger partial charge < -0.3 is 13.6 Å². The molecule has 0 aromatic carbocycles. The van der Waals surface area contributed by atoms with Gasteiger partial charge in [0.25, 0.3) is 0 Å². The number of rotatable bonds is 16. The SMILES string of the molecule is CC(/C=C/[C@@H](O[Si](C)(C)C(C)(C)C)[C@H](C)/C=C(C)/C=C(C)/C=C(\C)C(=O)OCC[Si](C)(C)C)=C\CCO[Si](C)(C)C(C)(C)C. The van der Waals surface area contributed by atoms with Crippen LogP contribution in [0.5, 0.6) is 0 Å². The Morgan fingerprint density at radius 2 is 1.30 bits per heavy atom. The minimum Gasteiger partial charge on any atom is -0.463 e. The minimum absolute atomic E-state index is 0.0370. The highest BCUT2D eigenvalue weighted by atomic mass is 28.4. The Balaban J connectivity index is 5.79. The summed E-state index contributed by atoms with van der Waals surface area (Å²) in [5.74, 6) is -0.0512. The van der Waals surface area contributed by atoms with Gasteiger partial charge in [-0.3, -0.25) is 0 Å². The summed E-state index contributed by atoms with van der Waals surface area (Å²) in [6, 6.07) is 0.980. The van der Waals surface area contributed by atoms with Gasteiger partial charge in [0.2, 0.25) is 0 Å². The van der Waals surface area contributed by atoms with Crippen LogP contribution < -0.4 is 0 Å². The van der Waals surface area contributed by atoms with Crippen LogP contribution in [0, 0.1) is 5.92 Å². The van der Waals surface area contributed by atoms with Crippen molar-refractivity contribution in [1.82, 2.24) is 0 Å². The lowest BCUT2D eigenvalue weighted by Gasteiger charge is -2.40. The van der Waals surface area contributed by atoms with Crippen molar-refractivity contribution >= 4 is 30.7 Å². The number of allylic oxidation sites excluding steroid dienone is 6. The molecule has 0 rings (SSSR count). The van der Waals surface area contributed by atoms with E-state index in [9.17, 15) is 4.79 Å². The Bertz CT molecular complexity index is 1070. The highest BCUT2D eigenvalue weighted by Gasteiger charge is 2.39. The number of carbonyl (C=O) groups excluding carboxylic acids is 1. The summed E-state index contributed by atoms with van der Waals surface area (Å²) in [5.41, 5.74) is 4.04. The molecular weight excluding hydrogens is 593 g/mol. The molecule has 0 N–H and O–H groups in total. The van der Waals surface area contributed by atoms with Crippen molar-refractivity contribution in [2.24, 2.45) is 5.92 Å². The molecule has 44 heavy (non-hydrogen) atoms. The van der Waals surface area contributed by atoms with E-state index < -0.39 is 24.7 Å². The summed E-state index contributed by atoms with van der Waals surface area (Å²) in [6.45, 7) is 41.5. The fraction of sp³-hybridized carbons (Fsp3) is 0.703. The van der Waals surface area contributed by atoms with E-state index in [1.54, 1.807) is 0 Å². The normalized spacial score (nSPS) is 16.9. The van der Waals surface area contributed by atoms with Gasteiger partial charge in [-0.15, -0.1) is 0 Å². The summed E-state index contributed by atoms with van der Waals surface area (Å²) in [7, 11) is -4.96. The zero-order valence-corrected chi connectivity index (χ0v) is 35.1. The summed E-state index contributed by atoms with van der Waals surface area (Å²) in [4.78, 5) is 12.5. The first-order valence-corrected chi connectivity index (χ1v) is 26.1. The molecule has 0 radical (unpaired) electrons. The minimum atomic E-state index is -2.00. The molecule has 0 aromatic heterocycles. The lowest BCUT2D eigenvalue weighted by molar-refractivity contribution is -0.138. The van der Waals surface area contributed by atoms with Crippen LogP contribution in [-0.4, -0.2) is 50.0 Å². The van der Waals surface area contributed by atoms with E-state index in [1.807, 2.05) is 19.9 Å². The number of ether oxygens (including phenoxy) is 1. The van der Waals surface area contributed by atoms with Gasteiger partial charge in [-0.25, -0.2) is 4.79 Å².